The van der Waals surface area contributed by atoms with Crippen LogP contribution in [0.5, 0.6) is 0 Å². The second-order valence-electron chi connectivity index (χ2n) is 8.37. The van der Waals surface area contributed by atoms with Crippen molar-refractivity contribution in [3.05, 3.63) is 76.8 Å². The van der Waals surface area contributed by atoms with E-state index in [1.807, 2.05) is 18.2 Å². The minimum absolute atomic E-state index is 0.237. The van der Waals surface area contributed by atoms with Crippen LogP contribution in [0.2, 0.25) is 5.02 Å². The van der Waals surface area contributed by atoms with E-state index in [-0.39, 0.29) is 5.82 Å². The summed E-state index contributed by atoms with van der Waals surface area (Å²) in [6.07, 6.45) is 7.54. The van der Waals surface area contributed by atoms with E-state index in [9.17, 15) is 4.39 Å². The number of hydrogen-bond acceptors (Lipinski definition) is 4. The topological polar surface area (TPSA) is 63.8 Å². The van der Waals surface area contributed by atoms with E-state index in [1.165, 1.54) is 37.8 Å². The summed E-state index contributed by atoms with van der Waals surface area (Å²) in [7, 11) is 0. The fourth-order valence-corrected chi connectivity index (χ4v) is 4.44. The highest BCUT2D eigenvalue weighted by Crippen LogP contribution is 2.32. The maximum atomic E-state index is 13.1. The van der Waals surface area contributed by atoms with Gasteiger partial charge in [0.25, 0.3) is 0 Å². The Balaban J connectivity index is 1.45. The zero-order chi connectivity index (χ0) is 21.6. The van der Waals surface area contributed by atoms with E-state index < -0.39 is 0 Å². The Kier molecular flexibility index (Phi) is 7.15. The number of anilines is 1. The molecule has 1 aliphatic carbocycles. The van der Waals surface area contributed by atoms with Crippen molar-refractivity contribution in [2.75, 3.05) is 11.9 Å². The maximum Gasteiger partial charge on any atom is 0.126 e. The van der Waals surface area contributed by atoms with Gasteiger partial charge in [0.1, 0.15) is 11.6 Å². The van der Waals surface area contributed by atoms with Crippen molar-refractivity contribution in [2.45, 2.75) is 38.6 Å². The normalized spacial score (nSPS) is 18.7. The molecule has 0 amide bonds. The summed E-state index contributed by atoms with van der Waals surface area (Å²) in [4.78, 5) is 9.31. The molecule has 4 nitrogen and oxygen atoms in total. The number of hydrogen-bond donors (Lipinski definition) is 2. The van der Waals surface area contributed by atoms with E-state index in [1.54, 1.807) is 18.3 Å². The lowest BCUT2D eigenvalue weighted by molar-refractivity contribution is 0.277. The van der Waals surface area contributed by atoms with E-state index in [0.717, 1.165) is 41.3 Å². The van der Waals surface area contributed by atoms with Crippen molar-refractivity contribution in [1.82, 2.24) is 9.97 Å². The van der Waals surface area contributed by atoms with Gasteiger partial charge in [-0.15, -0.1) is 0 Å². The molecule has 0 atom stereocenters. The van der Waals surface area contributed by atoms with Crippen molar-refractivity contribution in [2.24, 2.45) is 17.6 Å². The van der Waals surface area contributed by atoms with Gasteiger partial charge in [0.15, 0.2) is 0 Å². The minimum Gasteiger partial charge on any atom is -0.366 e. The molecule has 1 fully saturated rings. The summed E-state index contributed by atoms with van der Waals surface area (Å²) in [6, 6.07) is 14.4. The molecule has 162 valence electrons. The molecule has 3 N–H and O–H groups in total. The number of nitrogens with one attached hydrogen (secondary N) is 1. The zero-order valence-electron chi connectivity index (χ0n) is 17.5. The lowest BCUT2D eigenvalue weighted by Gasteiger charge is -2.27. The SMILES string of the molecule is NCC1CCC(Cc2cc(-c3cccc(NCc4ccc(F)cc4)n3)c(Cl)cn2)CC1. The second kappa shape index (κ2) is 10.2. The molecular weight excluding hydrogens is 411 g/mol. The highest BCUT2D eigenvalue weighted by atomic mass is 35.5. The quantitative estimate of drug-likeness (QED) is 0.485. The van der Waals surface area contributed by atoms with Crippen LogP contribution in [-0.4, -0.2) is 16.5 Å². The molecule has 3 aromatic rings. The third-order valence-corrected chi connectivity index (χ3v) is 6.42. The highest BCUT2D eigenvalue weighted by Gasteiger charge is 2.21. The van der Waals surface area contributed by atoms with Gasteiger partial charge in [-0.05, 0) is 86.4 Å². The maximum absolute atomic E-state index is 13.1. The van der Waals surface area contributed by atoms with Gasteiger partial charge in [-0.25, -0.2) is 9.37 Å². The van der Waals surface area contributed by atoms with Crippen LogP contribution < -0.4 is 11.1 Å². The van der Waals surface area contributed by atoms with E-state index in [2.05, 4.69) is 16.4 Å². The molecule has 0 bridgehead atoms. The van der Waals surface area contributed by atoms with Crippen LogP contribution in [-0.2, 0) is 13.0 Å². The van der Waals surface area contributed by atoms with Crippen LogP contribution in [0.1, 0.15) is 36.9 Å². The molecule has 0 saturated heterocycles. The molecule has 2 heterocycles. The monoisotopic (exact) mass is 438 g/mol. The molecule has 31 heavy (non-hydrogen) atoms. The number of benzene rings is 1. The molecular formula is C25H28ClFN4. The molecule has 4 rings (SSSR count). The standard InChI is InChI=1S/C25H28ClFN4/c26-23-16-29-21(12-17-4-6-18(14-28)7-5-17)13-22(23)24-2-1-3-25(31-24)30-15-19-8-10-20(27)11-9-19/h1-3,8-11,13,16-18H,4-7,12,14-15,28H2,(H,30,31). The fourth-order valence-electron chi connectivity index (χ4n) is 4.23. The first-order valence-corrected chi connectivity index (χ1v) is 11.3. The first-order valence-electron chi connectivity index (χ1n) is 10.9. The highest BCUT2D eigenvalue weighted by molar-refractivity contribution is 6.33. The van der Waals surface area contributed by atoms with Gasteiger partial charge in [0.2, 0.25) is 0 Å². The van der Waals surface area contributed by atoms with Gasteiger partial charge in [-0.3, -0.25) is 4.98 Å². The van der Waals surface area contributed by atoms with Gasteiger partial charge in [0, 0.05) is 24.0 Å². The third kappa shape index (κ3) is 5.81. The summed E-state index contributed by atoms with van der Waals surface area (Å²) in [5, 5.41) is 3.89. The van der Waals surface area contributed by atoms with Crippen molar-refractivity contribution in [1.29, 1.82) is 0 Å². The number of rotatable bonds is 7. The Morgan fingerprint density at radius 1 is 1.03 bits per heavy atom. The number of nitrogens with two attached hydrogens (primary N) is 1. The number of nitrogens with zero attached hydrogens (tertiary/aromatic N) is 2. The molecule has 1 saturated carbocycles. The smallest absolute Gasteiger partial charge is 0.126 e. The predicted octanol–water partition coefficient (Wildman–Crippen LogP) is 5.86. The molecule has 2 aromatic heterocycles. The van der Waals surface area contributed by atoms with E-state index in [0.29, 0.717) is 23.4 Å². The predicted molar refractivity (Wildman–Crippen MR) is 124 cm³/mol. The van der Waals surface area contributed by atoms with Crippen molar-refractivity contribution in [3.8, 4) is 11.3 Å². The Hall–Kier alpha value is -2.50. The number of halogens is 2. The molecule has 0 aliphatic heterocycles. The lowest BCUT2D eigenvalue weighted by Crippen LogP contribution is -2.22. The average molecular weight is 439 g/mol. The summed E-state index contributed by atoms with van der Waals surface area (Å²) >= 11 is 6.48. The van der Waals surface area contributed by atoms with Crippen molar-refractivity contribution >= 4 is 17.4 Å². The zero-order valence-corrected chi connectivity index (χ0v) is 18.3. The molecule has 0 unspecified atom stereocenters. The first-order chi connectivity index (χ1) is 15.1. The van der Waals surface area contributed by atoms with Crippen LogP contribution in [0.25, 0.3) is 11.3 Å². The molecule has 1 aromatic carbocycles. The van der Waals surface area contributed by atoms with Crippen LogP contribution in [0, 0.1) is 17.7 Å². The average Bonchev–Trinajstić information content (AvgIpc) is 2.81. The summed E-state index contributed by atoms with van der Waals surface area (Å²) < 4.78 is 13.1. The minimum atomic E-state index is -0.237. The van der Waals surface area contributed by atoms with Crippen LogP contribution in [0.15, 0.2) is 54.7 Å². The van der Waals surface area contributed by atoms with E-state index in [4.69, 9.17) is 22.3 Å². The number of pyridine rings is 2. The van der Waals surface area contributed by atoms with Crippen LogP contribution >= 0.6 is 11.6 Å². The van der Waals surface area contributed by atoms with Gasteiger partial charge in [0.05, 0.1) is 10.7 Å². The number of aromatic nitrogens is 2. The Bertz CT molecular complexity index is 1000. The van der Waals surface area contributed by atoms with Crippen molar-refractivity contribution < 1.29 is 4.39 Å². The fraction of sp³-hybridized carbons (Fsp3) is 0.360. The second-order valence-corrected chi connectivity index (χ2v) is 8.78. The van der Waals surface area contributed by atoms with Crippen molar-refractivity contribution in [3.63, 3.8) is 0 Å². The summed E-state index contributed by atoms with van der Waals surface area (Å²) in [6.45, 7) is 1.37. The van der Waals surface area contributed by atoms with Gasteiger partial charge in [-0.1, -0.05) is 29.8 Å². The first kappa shape index (κ1) is 21.7. The van der Waals surface area contributed by atoms with E-state index >= 15 is 0 Å². The Morgan fingerprint density at radius 3 is 2.52 bits per heavy atom. The summed E-state index contributed by atoms with van der Waals surface area (Å²) in [5.74, 6) is 1.84. The Labute approximate surface area is 188 Å². The van der Waals surface area contributed by atoms with Gasteiger partial charge >= 0.3 is 0 Å². The molecule has 1 aliphatic rings. The molecule has 0 spiro atoms. The summed E-state index contributed by atoms with van der Waals surface area (Å²) in [5.41, 5.74) is 9.57. The molecule has 0 radical (unpaired) electrons. The third-order valence-electron chi connectivity index (χ3n) is 6.12. The lowest BCUT2D eigenvalue weighted by atomic mass is 9.80. The van der Waals surface area contributed by atoms with Crippen LogP contribution in [0.3, 0.4) is 0 Å². The van der Waals surface area contributed by atoms with Gasteiger partial charge < -0.3 is 11.1 Å². The Morgan fingerprint density at radius 2 is 1.77 bits per heavy atom. The van der Waals surface area contributed by atoms with Crippen LogP contribution in [0.4, 0.5) is 10.2 Å². The largest absolute Gasteiger partial charge is 0.366 e. The molecule has 6 heteroatoms. The van der Waals surface area contributed by atoms with Gasteiger partial charge in [-0.2, -0.15) is 0 Å².